The van der Waals surface area contributed by atoms with E-state index in [0.717, 1.165) is 11.3 Å². The van der Waals surface area contributed by atoms with Crippen LogP contribution in [0.1, 0.15) is 22.8 Å². The number of rotatable bonds is 4. The van der Waals surface area contributed by atoms with E-state index in [9.17, 15) is 4.79 Å². The minimum absolute atomic E-state index is 0.0866. The Bertz CT molecular complexity index is 443. The van der Waals surface area contributed by atoms with Crippen LogP contribution in [0.4, 0.5) is 5.69 Å². The van der Waals surface area contributed by atoms with Crippen LogP contribution in [0.15, 0.2) is 23.2 Å². The topological polar surface area (TPSA) is 67.5 Å². The van der Waals surface area contributed by atoms with Crippen LogP contribution in [0.3, 0.4) is 0 Å². The smallest absolute Gasteiger partial charge is 0.251 e. The molecule has 1 aromatic carbocycles. The lowest BCUT2D eigenvalue weighted by Crippen LogP contribution is -2.22. The Balaban J connectivity index is 2.98. The Morgan fingerprint density at radius 3 is 2.76 bits per heavy atom. The van der Waals surface area contributed by atoms with Crippen LogP contribution in [0.25, 0.3) is 0 Å². The summed E-state index contributed by atoms with van der Waals surface area (Å²) in [5.41, 5.74) is 7.80. The lowest BCUT2D eigenvalue weighted by molar-refractivity contribution is 0.0956. The summed E-state index contributed by atoms with van der Waals surface area (Å²) in [6.07, 6.45) is 0. The fraction of sp³-hybridized carbons (Fsp3) is 0.333. The van der Waals surface area contributed by atoms with E-state index in [0.29, 0.717) is 17.9 Å². The van der Waals surface area contributed by atoms with Crippen LogP contribution < -0.4 is 11.1 Å². The van der Waals surface area contributed by atoms with Gasteiger partial charge in [0.1, 0.15) is 5.84 Å². The van der Waals surface area contributed by atoms with Crippen LogP contribution in [0.2, 0.25) is 0 Å². The normalized spacial score (nSPS) is 11.4. The van der Waals surface area contributed by atoms with Crippen molar-refractivity contribution in [1.29, 1.82) is 0 Å². The molecule has 5 heteroatoms. The van der Waals surface area contributed by atoms with Gasteiger partial charge in [0.25, 0.3) is 5.91 Å². The average molecular weight is 254 g/mol. The van der Waals surface area contributed by atoms with Crippen molar-refractivity contribution in [3.05, 3.63) is 29.3 Å². The molecule has 0 radical (unpaired) electrons. The van der Waals surface area contributed by atoms with E-state index in [2.05, 4.69) is 10.3 Å². The molecule has 0 aliphatic heterocycles. The fourth-order valence-corrected chi connectivity index (χ4v) is 1.43. The zero-order valence-electron chi connectivity index (χ0n) is 9.96. The number of hydrogen-bond acceptors (Lipinski definition) is 2. The number of amidine groups is 1. The molecule has 0 heterocycles. The largest absolute Gasteiger partial charge is 0.386 e. The number of benzene rings is 1. The van der Waals surface area contributed by atoms with Gasteiger partial charge in [-0.05, 0) is 37.6 Å². The summed E-state index contributed by atoms with van der Waals surface area (Å²) in [6.45, 7) is 4.37. The summed E-state index contributed by atoms with van der Waals surface area (Å²) in [4.78, 5) is 15.7. The van der Waals surface area contributed by atoms with Crippen LogP contribution >= 0.6 is 11.6 Å². The zero-order chi connectivity index (χ0) is 12.8. The van der Waals surface area contributed by atoms with E-state index in [1.165, 1.54) is 0 Å². The number of carbonyl (C=O) groups is 1. The Kier molecular flexibility index (Phi) is 4.97. The van der Waals surface area contributed by atoms with Gasteiger partial charge in [-0.15, -0.1) is 11.6 Å². The average Bonchev–Trinajstić information content (AvgIpc) is 2.31. The molecule has 92 valence electrons. The number of nitrogens with two attached hydrogens (primary N) is 1. The van der Waals surface area contributed by atoms with Crippen molar-refractivity contribution < 1.29 is 4.79 Å². The number of carbonyl (C=O) groups excluding carboxylic acids is 1. The van der Waals surface area contributed by atoms with E-state index < -0.39 is 0 Å². The summed E-state index contributed by atoms with van der Waals surface area (Å²) in [6, 6.07) is 5.27. The summed E-state index contributed by atoms with van der Waals surface area (Å²) < 4.78 is 0. The highest BCUT2D eigenvalue weighted by Gasteiger charge is 2.06. The van der Waals surface area contributed by atoms with Gasteiger partial charge in [0.05, 0.1) is 11.6 Å². The first-order chi connectivity index (χ1) is 8.08. The van der Waals surface area contributed by atoms with Gasteiger partial charge >= 0.3 is 0 Å². The molecular formula is C12H16ClN3O. The standard InChI is InChI=1S/C12H16ClN3O/c1-3-15-12(17)9-4-5-10(8(2)6-9)16-11(14)7-13/h4-6H,3,7H2,1-2H3,(H2,14,16)(H,15,17). The molecule has 0 saturated carbocycles. The molecule has 3 N–H and O–H groups in total. The van der Waals surface area contributed by atoms with Gasteiger partial charge in [0.15, 0.2) is 0 Å². The first kappa shape index (κ1) is 13.5. The highest BCUT2D eigenvalue weighted by Crippen LogP contribution is 2.19. The maximum Gasteiger partial charge on any atom is 0.251 e. The van der Waals surface area contributed by atoms with Gasteiger partial charge in [-0.3, -0.25) is 4.79 Å². The van der Waals surface area contributed by atoms with Crippen LogP contribution in [-0.4, -0.2) is 24.2 Å². The maximum atomic E-state index is 11.6. The first-order valence-corrected chi connectivity index (χ1v) is 5.89. The number of aliphatic imine (C=N–C) groups is 1. The van der Waals surface area contributed by atoms with E-state index in [1.807, 2.05) is 13.8 Å². The molecule has 0 fully saturated rings. The number of alkyl halides is 1. The molecule has 17 heavy (non-hydrogen) atoms. The SMILES string of the molecule is CCNC(=O)c1ccc(N=C(N)CCl)c(C)c1. The number of halogens is 1. The Hall–Kier alpha value is -1.55. The molecule has 4 nitrogen and oxygen atoms in total. The summed E-state index contributed by atoms with van der Waals surface area (Å²) in [5, 5.41) is 2.74. The molecule has 0 aliphatic rings. The predicted octanol–water partition coefficient (Wildman–Crippen LogP) is 1.97. The predicted molar refractivity (Wildman–Crippen MR) is 71.2 cm³/mol. The monoisotopic (exact) mass is 253 g/mol. The summed E-state index contributed by atoms with van der Waals surface area (Å²) in [7, 11) is 0. The molecule has 0 aromatic heterocycles. The molecule has 0 aliphatic carbocycles. The lowest BCUT2D eigenvalue weighted by atomic mass is 10.1. The van der Waals surface area contributed by atoms with Crippen molar-refractivity contribution in [1.82, 2.24) is 5.32 Å². The van der Waals surface area contributed by atoms with Crippen molar-refractivity contribution >= 4 is 29.0 Å². The van der Waals surface area contributed by atoms with Crippen molar-refractivity contribution in [3.63, 3.8) is 0 Å². The highest BCUT2D eigenvalue weighted by molar-refractivity contribution is 6.28. The third-order valence-electron chi connectivity index (χ3n) is 2.20. The molecule has 1 amide bonds. The van der Waals surface area contributed by atoms with Crippen molar-refractivity contribution in [2.45, 2.75) is 13.8 Å². The molecule has 0 unspecified atom stereocenters. The molecule has 0 atom stereocenters. The minimum Gasteiger partial charge on any atom is -0.386 e. The van der Waals surface area contributed by atoms with Crippen LogP contribution in [0.5, 0.6) is 0 Å². The highest BCUT2D eigenvalue weighted by atomic mass is 35.5. The Labute approximate surface area is 106 Å². The van der Waals surface area contributed by atoms with Gasteiger partial charge in [0.2, 0.25) is 0 Å². The van der Waals surface area contributed by atoms with Crippen LogP contribution in [0, 0.1) is 6.92 Å². The van der Waals surface area contributed by atoms with E-state index >= 15 is 0 Å². The summed E-state index contributed by atoms with van der Waals surface area (Å²) in [5.74, 6) is 0.467. The van der Waals surface area contributed by atoms with Gasteiger partial charge in [-0.1, -0.05) is 0 Å². The third kappa shape index (κ3) is 3.75. The number of hydrogen-bond donors (Lipinski definition) is 2. The second kappa shape index (κ2) is 6.25. The van der Waals surface area contributed by atoms with Gasteiger partial charge in [-0.25, -0.2) is 4.99 Å². The quantitative estimate of drug-likeness (QED) is 0.489. The first-order valence-electron chi connectivity index (χ1n) is 5.36. The molecule has 0 spiro atoms. The lowest BCUT2D eigenvalue weighted by Gasteiger charge is -2.06. The fourth-order valence-electron chi connectivity index (χ4n) is 1.37. The molecular weight excluding hydrogens is 238 g/mol. The van der Waals surface area contributed by atoms with Crippen molar-refractivity contribution in [2.75, 3.05) is 12.4 Å². The van der Waals surface area contributed by atoms with Gasteiger partial charge < -0.3 is 11.1 Å². The van der Waals surface area contributed by atoms with Crippen molar-refractivity contribution in [2.24, 2.45) is 10.7 Å². The van der Waals surface area contributed by atoms with Gasteiger partial charge in [-0.2, -0.15) is 0 Å². The van der Waals surface area contributed by atoms with E-state index in [4.69, 9.17) is 17.3 Å². The number of aryl methyl sites for hydroxylation is 1. The van der Waals surface area contributed by atoms with E-state index in [-0.39, 0.29) is 11.8 Å². The second-order valence-electron chi connectivity index (χ2n) is 3.60. The number of amides is 1. The number of nitrogens with one attached hydrogen (secondary N) is 1. The second-order valence-corrected chi connectivity index (χ2v) is 3.86. The molecule has 1 aromatic rings. The van der Waals surface area contributed by atoms with Gasteiger partial charge in [0, 0.05) is 12.1 Å². The number of nitrogens with zero attached hydrogens (tertiary/aromatic N) is 1. The molecule has 1 rings (SSSR count). The van der Waals surface area contributed by atoms with Crippen molar-refractivity contribution in [3.8, 4) is 0 Å². The minimum atomic E-state index is -0.0866. The molecule has 0 bridgehead atoms. The molecule has 0 saturated heterocycles. The Morgan fingerprint density at radius 1 is 1.53 bits per heavy atom. The summed E-state index contributed by atoms with van der Waals surface area (Å²) >= 11 is 5.56. The van der Waals surface area contributed by atoms with Crippen LogP contribution in [-0.2, 0) is 0 Å². The zero-order valence-corrected chi connectivity index (χ0v) is 10.7. The third-order valence-corrected chi connectivity index (χ3v) is 2.47. The Morgan fingerprint density at radius 2 is 2.24 bits per heavy atom. The van der Waals surface area contributed by atoms with E-state index in [1.54, 1.807) is 18.2 Å². The maximum absolute atomic E-state index is 11.6.